The Hall–Kier alpha value is -3.15. The number of amides is 1. The molecule has 3 aromatic rings. The second-order valence-corrected chi connectivity index (χ2v) is 5.71. The molecule has 1 aromatic carbocycles. The van der Waals surface area contributed by atoms with Crippen LogP contribution in [0.3, 0.4) is 0 Å². The number of nitrogens with zero attached hydrogens (tertiary/aromatic N) is 2. The molecule has 0 aliphatic carbocycles. The van der Waals surface area contributed by atoms with Crippen LogP contribution in [0.15, 0.2) is 42.6 Å². The van der Waals surface area contributed by atoms with E-state index in [1.807, 2.05) is 32.0 Å². The summed E-state index contributed by atoms with van der Waals surface area (Å²) in [6, 6.07) is 10.8. The zero-order chi connectivity index (χ0) is 18.0. The van der Waals surface area contributed by atoms with Gasteiger partial charge in [0, 0.05) is 11.8 Å². The third-order valence-corrected chi connectivity index (χ3v) is 4.00. The fourth-order valence-electron chi connectivity index (χ4n) is 2.52. The number of anilines is 1. The second-order valence-electron chi connectivity index (χ2n) is 5.71. The van der Waals surface area contributed by atoms with Gasteiger partial charge in [-0.3, -0.25) is 9.20 Å². The number of hydrogen-bond donors (Lipinski definition) is 1. The summed E-state index contributed by atoms with van der Waals surface area (Å²) in [6.45, 7) is 5.89. The van der Waals surface area contributed by atoms with Crippen LogP contribution in [0.5, 0.6) is 0 Å². The van der Waals surface area contributed by atoms with Crippen molar-refractivity contribution in [3.8, 4) is 0 Å². The highest BCUT2D eigenvalue weighted by molar-refractivity contribution is 6.07. The molecule has 1 N–H and O–H groups in total. The average Bonchev–Trinajstić information content (AvgIpc) is 2.96. The topological polar surface area (TPSA) is 72.7 Å². The zero-order valence-corrected chi connectivity index (χ0v) is 14.4. The summed E-state index contributed by atoms with van der Waals surface area (Å²) in [4.78, 5) is 29.1. The van der Waals surface area contributed by atoms with E-state index in [0.29, 0.717) is 17.0 Å². The molecule has 25 heavy (non-hydrogen) atoms. The summed E-state index contributed by atoms with van der Waals surface area (Å²) in [5.74, 6) is -0.571. The Morgan fingerprint density at radius 2 is 1.96 bits per heavy atom. The summed E-state index contributed by atoms with van der Waals surface area (Å²) in [5.41, 5.74) is 3.30. The van der Waals surface area contributed by atoms with E-state index in [0.717, 1.165) is 11.1 Å². The van der Waals surface area contributed by atoms with Gasteiger partial charge >= 0.3 is 5.97 Å². The van der Waals surface area contributed by atoms with Crippen molar-refractivity contribution in [2.75, 3.05) is 11.9 Å². The molecule has 1 amide bonds. The average molecular weight is 337 g/mol. The van der Waals surface area contributed by atoms with Gasteiger partial charge in [-0.05, 0) is 56.2 Å². The molecule has 0 atom stereocenters. The first-order valence-corrected chi connectivity index (χ1v) is 8.04. The number of pyridine rings is 1. The van der Waals surface area contributed by atoms with Crippen molar-refractivity contribution in [2.24, 2.45) is 0 Å². The maximum atomic E-state index is 12.6. The first-order valence-electron chi connectivity index (χ1n) is 8.04. The number of nitrogens with one attached hydrogen (secondary N) is 1. The lowest BCUT2D eigenvalue weighted by molar-refractivity contribution is 0.0521. The summed E-state index contributed by atoms with van der Waals surface area (Å²) in [5, 5.41) is 2.80. The van der Waals surface area contributed by atoms with Gasteiger partial charge in [-0.1, -0.05) is 12.1 Å². The molecule has 0 aliphatic rings. The van der Waals surface area contributed by atoms with Gasteiger partial charge in [0.2, 0.25) is 0 Å². The molecule has 0 fully saturated rings. The van der Waals surface area contributed by atoms with Gasteiger partial charge in [-0.15, -0.1) is 0 Å². The lowest BCUT2D eigenvalue weighted by Gasteiger charge is -2.09. The largest absolute Gasteiger partial charge is 0.461 e. The SMILES string of the molecule is CCOC(=O)c1nc2ccccn2c1NC(=O)c1ccc(C)c(C)c1. The lowest BCUT2D eigenvalue weighted by atomic mass is 10.1. The molecule has 0 saturated carbocycles. The van der Waals surface area contributed by atoms with Gasteiger partial charge in [-0.25, -0.2) is 9.78 Å². The Kier molecular flexibility index (Phi) is 4.52. The molecule has 0 saturated heterocycles. The summed E-state index contributed by atoms with van der Waals surface area (Å²) in [7, 11) is 0. The predicted molar refractivity (Wildman–Crippen MR) is 95.0 cm³/mol. The number of fused-ring (bicyclic) bond motifs is 1. The third kappa shape index (κ3) is 3.24. The van der Waals surface area contributed by atoms with Crippen LogP contribution in [0, 0.1) is 13.8 Å². The highest BCUT2D eigenvalue weighted by Gasteiger charge is 2.22. The van der Waals surface area contributed by atoms with E-state index in [1.54, 1.807) is 35.7 Å². The van der Waals surface area contributed by atoms with Crippen LogP contribution in [0.2, 0.25) is 0 Å². The normalized spacial score (nSPS) is 10.7. The van der Waals surface area contributed by atoms with Crippen LogP contribution in [0.4, 0.5) is 5.82 Å². The number of rotatable bonds is 4. The number of carbonyl (C=O) groups is 2. The second kappa shape index (κ2) is 6.76. The van der Waals surface area contributed by atoms with E-state index in [4.69, 9.17) is 4.74 Å². The highest BCUT2D eigenvalue weighted by Crippen LogP contribution is 2.20. The van der Waals surface area contributed by atoms with E-state index in [-0.39, 0.29) is 18.2 Å². The molecule has 0 unspecified atom stereocenters. The maximum absolute atomic E-state index is 12.6. The molecule has 0 bridgehead atoms. The van der Waals surface area contributed by atoms with Crippen molar-refractivity contribution in [1.29, 1.82) is 0 Å². The molecule has 6 heteroatoms. The number of aryl methyl sites for hydroxylation is 2. The molecular formula is C19H19N3O3. The Morgan fingerprint density at radius 3 is 2.68 bits per heavy atom. The Balaban J connectivity index is 2.01. The monoisotopic (exact) mass is 337 g/mol. The van der Waals surface area contributed by atoms with Crippen LogP contribution >= 0.6 is 0 Å². The molecular weight excluding hydrogens is 318 g/mol. The number of carbonyl (C=O) groups excluding carboxylic acids is 2. The number of esters is 1. The molecule has 0 aliphatic heterocycles. The van der Waals surface area contributed by atoms with Crippen LogP contribution < -0.4 is 5.32 Å². The third-order valence-electron chi connectivity index (χ3n) is 4.00. The number of imidazole rings is 1. The maximum Gasteiger partial charge on any atom is 0.360 e. The smallest absolute Gasteiger partial charge is 0.360 e. The van der Waals surface area contributed by atoms with E-state index >= 15 is 0 Å². The van der Waals surface area contributed by atoms with Crippen LogP contribution in [-0.2, 0) is 4.74 Å². The minimum atomic E-state index is -0.568. The summed E-state index contributed by atoms with van der Waals surface area (Å²) < 4.78 is 6.71. The molecule has 0 spiro atoms. The molecule has 3 rings (SSSR count). The van der Waals surface area contributed by atoms with E-state index < -0.39 is 5.97 Å². The van der Waals surface area contributed by atoms with Crippen LogP contribution in [0.1, 0.15) is 38.9 Å². The quantitative estimate of drug-likeness (QED) is 0.741. The van der Waals surface area contributed by atoms with Gasteiger partial charge in [0.1, 0.15) is 5.65 Å². The first kappa shape index (κ1) is 16.7. The molecule has 2 heterocycles. The van der Waals surface area contributed by atoms with Gasteiger partial charge in [0.05, 0.1) is 6.61 Å². The fraction of sp³-hybridized carbons (Fsp3) is 0.211. The highest BCUT2D eigenvalue weighted by atomic mass is 16.5. The van der Waals surface area contributed by atoms with Gasteiger partial charge in [0.15, 0.2) is 11.5 Å². The Morgan fingerprint density at radius 1 is 1.16 bits per heavy atom. The van der Waals surface area contributed by atoms with Crippen molar-refractivity contribution >= 4 is 23.3 Å². The first-order chi connectivity index (χ1) is 12.0. The van der Waals surface area contributed by atoms with E-state index in [2.05, 4.69) is 10.3 Å². The van der Waals surface area contributed by atoms with Crippen molar-refractivity contribution in [2.45, 2.75) is 20.8 Å². The lowest BCUT2D eigenvalue weighted by Crippen LogP contribution is -2.17. The van der Waals surface area contributed by atoms with Gasteiger partial charge in [0.25, 0.3) is 5.91 Å². The van der Waals surface area contributed by atoms with Crippen molar-refractivity contribution in [3.05, 3.63) is 65.0 Å². The summed E-state index contributed by atoms with van der Waals surface area (Å²) >= 11 is 0. The van der Waals surface area contributed by atoms with Crippen LogP contribution in [-0.4, -0.2) is 27.9 Å². The van der Waals surface area contributed by atoms with Crippen molar-refractivity contribution < 1.29 is 14.3 Å². The van der Waals surface area contributed by atoms with Gasteiger partial charge < -0.3 is 10.1 Å². The van der Waals surface area contributed by atoms with Crippen molar-refractivity contribution in [1.82, 2.24) is 9.38 Å². The molecule has 0 radical (unpaired) electrons. The zero-order valence-electron chi connectivity index (χ0n) is 14.4. The number of hydrogen-bond acceptors (Lipinski definition) is 4. The van der Waals surface area contributed by atoms with E-state index in [9.17, 15) is 9.59 Å². The summed E-state index contributed by atoms with van der Waals surface area (Å²) in [6.07, 6.45) is 1.74. The number of benzene rings is 1. The minimum absolute atomic E-state index is 0.0882. The standard InChI is InChI=1S/C19H19N3O3/c1-4-25-19(24)16-17(22-10-6-5-7-15(22)20-16)21-18(23)14-9-8-12(2)13(3)11-14/h5-11H,4H2,1-3H3,(H,21,23). The number of aromatic nitrogens is 2. The molecule has 128 valence electrons. The minimum Gasteiger partial charge on any atom is -0.461 e. The van der Waals surface area contributed by atoms with Crippen molar-refractivity contribution in [3.63, 3.8) is 0 Å². The molecule has 2 aromatic heterocycles. The number of ether oxygens (including phenoxy) is 1. The fourth-order valence-corrected chi connectivity index (χ4v) is 2.52. The van der Waals surface area contributed by atoms with Crippen LogP contribution in [0.25, 0.3) is 5.65 Å². The Labute approximate surface area is 145 Å². The molecule has 6 nitrogen and oxygen atoms in total. The predicted octanol–water partition coefficient (Wildman–Crippen LogP) is 3.38. The van der Waals surface area contributed by atoms with Gasteiger partial charge in [-0.2, -0.15) is 0 Å². The van der Waals surface area contributed by atoms with E-state index in [1.165, 1.54) is 0 Å². The Bertz CT molecular complexity index is 960.